The molecule has 106 valence electrons. The van der Waals surface area contributed by atoms with Crippen LogP contribution in [0.5, 0.6) is 11.5 Å². The molecule has 19 heavy (non-hydrogen) atoms. The quantitative estimate of drug-likeness (QED) is 0.766. The lowest BCUT2D eigenvalue weighted by Crippen LogP contribution is -2.33. The highest BCUT2D eigenvalue weighted by Crippen LogP contribution is 2.25. The van der Waals surface area contributed by atoms with Crippen LogP contribution >= 0.6 is 0 Å². The second-order valence-corrected chi connectivity index (χ2v) is 4.17. The van der Waals surface area contributed by atoms with Gasteiger partial charge in [0.05, 0.1) is 20.1 Å². The Bertz CT molecular complexity index is 396. The summed E-state index contributed by atoms with van der Waals surface area (Å²) < 4.78 is 10.7. The van der Waals surface area contributed by atoms with Gasteiger partial charge in [0.25, 0.3) is 0 Å². The van der Waals surface area contributed by atoms with Gasteiger partial charge in [-0.25, -0.2) is 0 Å². The van der Waals surface area contributed by atoms with Gasteiger partial charge < -0.3 is 19.7 Å². The largest absolute Gasteiger partial charge is 0.493 e. The third kappa shape index (κ3) is 5.18. The Morgan fingerprint density at radius 1 is 1.32 bits per heavy atom. The van der Waals surface area contributed by atoms with E-state index in [1.54, 1.807) is 19.1 Å². The molecule has 1 aromatic carbocycles. The van der Waals surface area contributed by atoms with E-state index in [0.717, 1.165) is 6.54 Å². The second kappa shape index (κ2) is 8.37. The van der Waals surface area contributed by atoms with Crippen LogP contribution in [-0.4, -0.2) is 51.7 Å². The van der Waals surface area contributed by atoms with Crippen molar-refractivity contribution in [3.8, 4) is 11.5 Å². The number of hydrogen-bond acceptors (Lipinski definition) is 4. The Morgan fingerprint density at radius 2 is 2.00 bits per heavy atom. The number of amides is 1. The maximum atomic E-state index is 11.8. The van der Waals surface area contributed by atoms with E-state index < -0.39 is 0 Å². The predicted molar refractivity (Wildman–Crippen MR) is 74.7 cm³/mol. The van der Waals surface area contributed by atoms with Gasteiger partial charge in [-0.1, -0.05) is 12.1 Å². The van der Waals surface area contributed by atoms with Crippen molar-refractivity contribution in [3.05, 3.63) is 24.3 Å². The normalized spacial score (nSPS) is 10.1. The number of carbonyl (C=O) groups is 1. The highest BCUT2D eigenvalue weighted by Gasteiger charge is 2.09. The smallest absolute Gasteiger partial charge is 0.225 e. The topological polar surface area (TPSA) is 50.8 Å². The first kappa shape index (κ1) is 15.3. The summed E-state index contributed by atoms with van der Waals surface area (Å²) in [5.41, 5.74) is 0. The molecule has 0 saturated carbocycles. The molecule has 1 N–H and O–H groups in total. The fraction of sp³-hybridized carbons (Fsp3) is 0.500. The first-order valence-electron chi connectivity index (χ1n) is 6.33. The lowest BCUT2D eigenvalue weighted by Gasteiger charge is -2.17. The minimum Gasteiger partial charge on any atom is -0.493 e. The number of para-hydroxylation sites is 2. The third-order valence-corrected chi connectivity index (χ3v) is 2.77. The van der Waals surface area contributed by atoms with Gasteiger partial charge in [-0.2, -0.15) is 0 Å². The Morgan fingerprint density at radius 3 is 2.63 bits per heavy atom. The van der Waals surface area contributed by atoms with Crippen LogP contribution in [0.3, 0.4) is 0 Å². The summed E-state index contributed by atoms with van der Waals surface area (Å²) in [5, 5.41) is 3.01. The third-order valence-electron chi connectivity index (χ3n) is 2.77. The maximum absolute atomic E-state index is 11.8. The van der Waals surface area contributed by atoms with Crippen molar-refractivity contribution < 1.29 is 14.3 Å². The predicted octanol–water partition coefficient (Wildman–Crippen LogP) is 1.14. The van der Waals surface area contributed by atoms with Crippen LogP contribution in [0.25, 0.3) is 0 Å². The van der Waals surface area contributed by atoms with Crippen LogP contribution in [0, 0.1) is 0 Å². The minimum atomic E-state index is 0.0742. The van der Waals surface area contributed by atoms with Crippen LogP contribution in [0.15, 0.2) is 24.3 Å². The lowest BCUT2D eigenvalue weighted by atomic mass is 10.3. The summed E-state index contributed by atoms with van der Waals surface area (Å²) in [6, 6.07) is 7.41. The maximum Gasteiger partial charge on any atom is 0.225 e. The molecule has 0 aliphatic carbocycles. The number of rotatable bonds is 8. The van der Waals surface area contributed by atoms with Gasteiger partial charge in [-0.3, -0.25) is 4.79 Å². The first-order chi connectivity index (χ1) is 9.19. The van der Waals surface area contributed by atoms with Crippen molar-refractivity contribution in [1.82, 2.24) is 10.2 Å². The standard InChI is InChI=1S/C14H22N2O3/c1-15-9-10-16(2)14(17)8-11-19-13-7-5-4-6-12(13)18-3/h4-7,15H,8-11H2,1-3H3. The molecular weight excluding hydrogens is 244 g/mol. The molecular formula is C14H22N2O3. The molecule has 0 bridgehead atoms. The number of benzene rings is 1. The van der Waals surface area contributed by atoms with Gasteiger partial charge in [0.2, 0.25) is 5.91 Å². The van der Waals surface area contributed by atoms with Gasteiger partial charge in [0.15, 0.2) is 11.5 Å². The van der Waals surface area contributed by atoms with Crippen molar-refractivity contribution in [3.63, 3.8) is 0 Å². The molecule has 0 radical (unpaired) electrons. The van der Waals surface area contributed by atoms with Crippen LogP contribution in [0.2, 0.25) is 0 Å². The van der Waals surface area contributed by atoms with Crippen LogP contribution in [-0.2, 0) is 4.79 Å². The number of carbonyl (C=O) groups excluding carboxylic acids is 1. The fourth-order valence-corrected chi connectivity index (χ4v) is 1.58. The molecule has 5 nitrogen and oxygen atoms in total. The number of methoxy groups -OCH3 is 1. The molecule has 1 rings (SSSR count). The van der Waals surface area contributed by atoms with Gasteiger partial charge in [-0.15, -0.1) is 0 Å². The Hall–Kier alpha value is -1.75. The summed E-state index contributed by atoms with van der Waals surface area (Å²) in [7, 11) is 5.25. The Balaban J connectivity index is 2.35. The van der Waals surface area contributed by atoms with Gasteiger partial charge in [-0.05, 0) is 19.2 Å². The van der Waals surface area contributed by atoms with Crippen LogP contribution in [0.1, 0.15) is 6.42 Å². The van der Waals surface area contributed by atoms with Gasteiger partial charge >= 0.3 is 0 Å². The zero-order valence-electron chi connectivity index (χ0n) is 11.8. The van der Waals surface area contributed by atoms with Crippen molar-refractivity contribution in [1.29, 1.82) is 0 Å². The van der Waals surface area contributed by atoms with Crippen LogP contribution < -0.4 is 14.8 Å². The van der Waals surface area contributed by atoms with E-state index in [1.807, 2.05) is 31.3 Å². The van der Waals surface area contributed by atoms with E-state index in [2.05, 4.69) is 5.32 Å². The SMILES string of the molecule is CNCCN(C)C(=O)CCOc1ccccc1OC. The Kier molecular flexibility index (Phi) is 6.74. The lowest BCUT2D eigenvalue weighted by molar-refractivity contribution is -0.130. The van der Waals surface area contributed by atoms with E-state index in [1.165, 1.54) is 0 Å². The van der Waals surface area contributed by atoms with Crippen molar-refractivity contribution in [2.45, 2.75) is 6.42 Å². The molecule has 0 heterocycles. The number of ether oxygens (including phenoxy) is 2. The van der Waals surface area contributed by atoms with E-state index in [9.17, 15) is 4.79 Å². The van der Waals surface area contributed by atoms with E-state index >= 15 is 0 Å². The second-order valence-electron chi connectivity index (χ2n) is 4.17. The summed E-state index contributed by atoms with van der Waals surface area (Å²) in [6.07, 6.45) is 0.359. The molecule has 0 atom stereocenters. The zero-order valence-corrected chi connectivity index (χ0v) is 11.8. The average Bonchev–Trinajstić information content (AvgIpc) is 2.45. The molecule has 0 aromatic heterocycles. The summed E-state index contributed by atoms with van der Waals surface area (Å²) in [4.78, 5) is 13.5. The highest BCUT2D eigenvalue weighted by molar-refractivity contribution is 5.76. The number of likely N-dealkylation sites (N-methyl/N-ethyl adjacent to an activating group) is 2. The highest BCUT2D eigenvalue weighted by atomic mass is 16.5. The molecule has 0 spiro atoms. The van der Waals surface area contributed by atoms with E-state index in [-0.39, 0.29) is 5.91 Å². The van der Waals surface area contributed by atoms with E-state index in [4.69, 9.17) is 9.47 Å². The van der Waals surface area contributed by atoms with Crippen molar-refractivity contribution in [2.24, 2.45) is 0 Å². The average molecular weight is 266 g/mol. The fourth-order valence-electron chi connectivity index (χ4n) is 1.58. The number of nitrogens with zero attached hydrogens (tertiary/aromatic N) is 1. The van der Waals surface area contributed by atoms with Crippen molar-refractivity contribution in [2.75, 3.05) is 40.9 Å². The number of nitrogens with one attached hydrogen (secondary N) is 1. The Labute approximate surface area is 114 Å². The summed E-state index contributed by atoms with van der Waals surface area (Å²) in [6.45, 7) is 1.84. The summed E-state index contributed by atoms with van der Waals surface area (Å²) in [5.74, 6) is 1.42. The zero-order chi connectivity index (χ0) is 14.1. The molecule has 0 aliphatic heterocycles. The van der Waals surface area contributed by atoms with Gasteiger partial charge in [0, 0.05) is 20.1 Å². The first-order valence-corrected chi connectivity index (χ1v) is 6.33. The summed E-state index contributed by atoms with van der Waals surface area (Å²) >= 11 is 0. The molecule has 1 aromatic rings. The van der Waals surface area contributed by atoms with Crippen molar-refractivity contribution >= 4 is 5.91 Å². The monoisotopic (exact) mass is 266 g/mol. The molecule has 5 heteroatoms. The molecule has 0 fully saturated rings. The molecule has 0 unspecified atom stereocenters. The minimum absolute atomic E-state index is 0.0742. The molecule has 0 aliphatic rings. The molecule has 1 amide bonds. The van der Waals surface area contributed by atoms with E-state index in [0.29, 0.717) is 31.1 Å². The van der Waals surface area contributed by atoms with Gasteiger partial charge in [0.1, 0.15) is 0 Å². The number of hydrogen-bond donors (Lipinski definition) is 1. The molecule has 0 saturated heterocycles. The van der Waals surface area contributed by atoms with Crippen LogP contribution in [0.4, 0.5) is 0 Å².